The second kappa shape index (κ2) is 6.69. The van der Waals surface area contributed by atoms with Crippen molar-refractivity contribution < 1.29 is 17.2 Å². The van der Waals surface area contributed by atoms with Crippen molar-refractivity contribution in [3.05, 3.63) is 66.1 Å². The standard InChI is InChI=1S/C16H14F2N4O2S/c1-22-15(11-5-7-19-8-6-11)9-12(21-22)10-20-25(23,24)16-13(17)3-2-4-14(16)18/h2-9,20H,10H2,1H3. The summed E-state index contributed by atoms with van der Waals surface area (Å²) in [5.41, 5.74) is 2.03. The molecule has 0 saturated carbocycles. The quantitative estimate of drug-likeness (QED) is 0.753. The first-order valence-electron chi connectivity index (χ1n) is 7.25. The Morgan fingerprint density at radius 2 is 1.76 bits per heavy atom. The van der Waals surface area contributed by atoms with E-state index in [1.807, 2.05) is 0 Å². The van der Waals surface area contributed by atoms with Gasteiger partial charge in [-0.05, 0) is 30.3 Å². The fraction of sp³-hybridized carbons (Fsp3) is 0.125. The molecule has 0 radical (unpaired) electrons. The molecular formula is C16H14F2N4O2S. The van der Waals surface area contributed by atoms with Crippen molar-refractivity contribution in [1.82, 2.24) is 19.5 Å². The largest absolute Gasteiger partial charge is 0.268 e. The zero-order valence-corrected chi connectivity index (χ0v) is 14.0. The van der Waals surface area contributed by atoms with Crippen LogP contribution in [0.1, 0.15) is 5.69 Å². The molecule has 6 nitrogen and oxygen atoms in total. The molecule has 3 aromatic rings. The maximum atomic E-state index is 13.7. The molecule has 25 heavy (non-hydrogen) atoms. The summed E-state index contributed by atoms with van der Waals surface area (Å²) in [5, 5.41) is 4.21. The Bertz CT molecular complexity index is 984. The van der Waals surface area contributed by atoms with Crippen molar-refractivity contribution >= 4 is 10.0 Å². The van der Waals surface area contributed by atoms with Crippen LogP contribution in [0.4, 0.5) is 8.78 Å². The van der Waals surface area contributed by atoms with Crippen LogP contribution >= 0.6 is 0 Å². The van der Waals surface area contributed by atoms with E-state index in [1.54, 1.807) is 42.3 Å². The average molecular weight is 364 g/mol. The molecule has 3 rings (SSSR count). The molecule has 0 atom stereocenters. The number of rotatable bonds is 5. The molecule has 0 spiro atoms. The highest BCUT2D eigenvalue weighted by Gasteiger charge is 2.23. The molecule has 0 saturated heterocycles. The minimum Gasteiger partial charge on any atom is -0.268 e. The van der Waals surface area contributed by atoms with Crippen molar-refractivity contribution in [3.8, 4) is 11.3 Å². The second-order valence-corrected chi connectivity index (χ2v) is 6.96. The predicted molar refractivity (Wildman–Crippen MR) is 86.8 cm³/mol. The van der Waals surface area contributed by atoms with Crippen LogP contribution in [-0.4, -0.2) is 23.2 Å². The van der Waals surface area contributed by atoms with Gasteiger partial charge in [-0.2, -0.15) is 5.10 Å². The lowest BCUT2D eigenvalue weighted by atomic mass is 10.2. The average Bonchev–Trinajstić information content (AvgIpc) is 2.94. The van der Waals surface area contributed by atoms with Crippen LogP contribution in [0, 0.1) is 11.6 Å². The summed E-state index contributed by atoms with van der Waals surface area (Å²) in [4.78, 5) is 2.93. The van der Waals surface area contributed by atoms with Crippen LogP contribution in [0.5, 0.6) is 0 Å². The lowest BCUT2D eigenvalue weighted by Crippen LogP contribution is -2.25. The summed E-state index contributed by atoms with van der Waals surface area (Å²) in [5.74, 6) is -2.29. The maximum absolute atomic E-state index is 13.7. The molecule has 0 amide bonds. The number of aromatic nitrogens is 3. The lowest BCUT2D eigenvalue weighted by Gasteiger charge is -2.07. The number of nitrogens with one attached hydrogen (secondary N) is 1. The Morgan fingerprint density at radius 3 is 2.40 bits per heavy atom. The van der Waals surface area contributed by atoms with Gasteiger partial charge in [0, 0.05) is 25.0 Å². The van der Waals surface area contributed by atoms with Crippen LogP contribution in [0.3, 0.4) is 0 Å². The summed E-state index contributed by atoms with van der Waals surface area (Å²) in [6, 6.07) is 8.15. The van der Waals surface area contributed by atoms with Gasteiger partial charge in [-0.15, -0.1) is 0 Å². The van der Waals surface area contributed by atoms with Gasteiger partial charge < -0.3 is 0 Å². The third-order valence-electron chi connectivity index (χ3n) is 3.54. The molecule has 0 bridgehead atoms. The molecule has 1 N–H and O–H groups in total. The number of hydrogen-bond donors (Lipinski definition) is 1. The number of aryl methyl sites for hydroxylation is 1. The first-order chi connectivity index (χ1) is 11.9. The molecule has 2 heterocycles. The van der Waals surface area contributed by atoms with Gasteiger partial charge in [0.05, 0.1) is 17.9 Å². The van der Waals surface area contributed by atoms with Crippen molar-refractivity contribution in [3.63, 3.8) is 0 Å². The van der Waals surface area contributed by atoms with Crippen LogP contribution in [0.25, 0.3) is 11.3 Å². The fourth-order valence-electron chi connectivity index (χ4n) is 2.39. The van der Waals surface area contributed by atoms with E-state index in [4.69, 9.17) is 0 Å². The minimum atomic E-state index is -4.35. The van der Waals surface area contributed by atoms with E-state index in [-0.39, 0.29) is 6.54 Å². The van der Waals surface area contributed by atoms with E-state index >= 15 is 0 Å². The highest BCUT2D eigenvalue weighted by molar-refractivity contribution is 7.89. The number of sulfonamides is 1. The topological polar surface area (TPSA) is 76.9 Å². The van der Waals surface area contributed by atoms with Gasteiger partial charge in [-0.1, -0.05) is 6.07 Å². The molecule has 0 unspecified atom stereocenters. The zero-order chi connectivity index (χ0) is 18.0. The summed E-state index contributed by atoms with van der Waals surface area (Å²) >= 11 is 0. The maximum Gasteiger partial charge on any atom is 0.246 e. The minimum absolute atomic E-state index is 0.199. The number of benzene rings is 1. The molecule has 9 heteroatoms. The van der Waals surface area contributed by atoms with Crippen molar-refractivity contribution in [1.29, 1.82) is 0 Å². The number of hydrogen-bond acceptors (Lipinski definition) is 4. The summed E-state index contributed by atoms with van der Waals surface area (Å²) < 4.78 is 55.5. The smallest absolute Gasteiger partial charge is 0.246 e. The Kier molecular flexibility index (Phi) is 4.60. The zero-order valence-electron chi connectivity index (χ0n) is 13.1. The Balaban J connectivity index is 1.83. The molecule has 1 aromatic carbocycles. The van der Waals surface area contributed by atoms with E-state index in [9.17, 15) is 17.2 Å². The van der Waals surface area contributed by atoms with Crippen LogP contribution in [-0.2, 0) is 23.6 Å². The van der Waals surface area contributed by atoms with Crippen LogP contribution in [0.15, 0.2) is 53.7 Å². The number of nitrogens with zero attached hydrogens (tertiary/aromatic N) is 3. The van der Waals surface area contributed by atoms with E-state index in [0.29, 0.717) is 5.69 Å². The Morgan fingerprint density at radius 1 is 1.12 bits per heavy atom. The summed E-state index contributed by atoms with van der Waals surface area (Å²) in [7, 11) is -2.63. The van der Waals surface area contributed by atoms with Crippen molar-refractivity contribution in [2.45, 2.75) is 11.4 Å². The van der Waals surface area contributed by atoms with Crippen molar-refractivity contribution in [2.24, 2.45) is 7.05 Å². The number of halogens is 2. The van der Waals surface area contributed by atoms with E-state index in [1.165, 1.54) is 0 Å². The second-order valence-electron chi connectivity index (χ2n) is 5.26. The van der Waals surface area contributed by atoms with Gasteiger partial charge in [0.15, 0.2) is 4.90 Å². The van der Waals surface area contributed by atoms with E-state index < -0.39 is 26.6 Å². The first kappa shape index (κ1) is 17.2. The van der Waals surface area contributed by atoms with Gasteiger partial charge in [-0.25, -0.2) is 21.9 Å². The van der Waals surface area contributed by atoms with Crippen molar-refractivity contribution in [2.75, 3.05) is 0 Å². The molecule has 0 aliphatic heterocycles. The highest BCUT2D eigenvalue weighted by atomic mass is 32.2. The van der Waals surface area contributed by atoms with Crippen LogP contribution in [0.2, 0.25) is 0 Å². The van der Waals surface area contributed by atoms with E-state index in [0.717, 1.165) is 29.5 Å². The third kappa shape index (κ3) is 3.57. The SMILES string of the molecule is Cn1nc(CNS(=O)(=O)c2c(F)cccc2F)cc1-c1ccncc1. The fourth-order valence-corrected chi connectivity index (χ4v) is 3.52. The van der Waals surface area contributed by atoms with E-state index in [2.05, 4.69) is 14.8 Å². The van der Waals surface area contributed by atoms with Gasteiger partial charge >= 0.3 is 0 Å². The third-order valence-corrected chi connectivity index (χ3v) is 4.99. The van der Waals surface area contributed by atoms with Gasteiger partial charge in [-0.3, -0.25) is 9.67 Å². The summed E-state index contributed by atoms with van der Waals surface area (Å²) in [6.45, 7) is -0.199. The molecule has 0 aliphatic rings. The summed E-state index contributed by atoms with van der Waals surface area (Å²) in [6.07, 6.45) is 3.26. The van der Waals surface area contributed by atoms with Gasteiger partial charge in [0.2, 0.25) is 10.0 Å². The molecule has 2 aromatic heterocycles. The predicted octanol–water partition coefficient (Wildman–Crippen LogP) is 2.24. The normalized spacial score (nSPS) is 11.6. The monoisotopic (exact) mass is 364 g/mol. The van der Waals surface area contributed by atoms with Gasteiger partial charge in [0.25, 0.3) is 0 Å². The van der Waals surface area contributed by atoms with Crippen LogP contribution < -0.4 is 4.72 Å². The molecular weight excluding hydrogens is 350 g/mol. The highest BCUT2D eigenvalue weighted by Crippen LogP contribution is 2.20. The lowest BCUT2D eigenvalue weighted by molar-refractivity contribution is 0.513. The molecule has 130 valence electrons. The number of pyridine rings is 1. The molecule has 0 aliphatic carbocycles. The Hall–Kier alpha value is -2.65. The Labute approximate surface area is 143 Å². The van der Waals surface area contributed by atoms with Gasteiger partial charge in [0.1, 0.15) is 11.6 Å². The first-order valence-corrected chi connectivity index (χ1v) is 8.74. The molecule has 0 fully saturated rings.